The Morgan fingerprint density at radius 3 is 2.59 bits per heavy atom. The average Bonchev–Trinajstić information content (AvgIpc) is 2.67. The number of esters is 1. The van der Waals surface area contributed by atoms with Gasteiger partial charge in [-0.3, -0.25) is 4.79 Å². The van der Waals surface area contributed by atoms with Crippen LogP contribution in [0.2, 0.25) is 5.02 Å². The highest BCUT2D eigenvalue weighted by molar-refractivity contribution is 6.33. The zero-order valence-corrected chi connectivity index (χ0v) is 15.7. The number of hydrogen-bond donors (Lipinski definition) is 1. The van der Waals surface area contributed by atoms with Crippen molar-refractivity contribution in [2.45, 2.75) is 19.2 Å². The molecule has 1 N–H and O–H groups in total. The summed E-state index contributed by atoms with van der Waals surface area (Å²) in [7, 11) is 0. The van der Waals surface area contributed by atoms with E-state index in [-0.39, 0.29) is 22.0 Å². The maximum absolute atomic E-state index is 12.8. The molecule has 0 aliphatic rings. The van der Waals surface area contributed by atoms with Crippen molar-refractivity contribution < 1.29 is 32.2 Å². The molecular formula is C19H14ClF3N2O4. The maximum atomic E-state index is 12.8. The summed E-state index contributed by atoms with van der Waals surface area (Å²) in [6.07, 6.45) is -5.94. The van der Waals surface area contributed by atoms with Gasteiger partial charge in [0.05, 0.1) is 21.8 Å². The zero-order chi connectivity index (χ0) is 21.6. The van der Waals surface area contributed by atoms with Gasteiger partial charge in [0.1, 0.15) is 11.8 Å². The lowest BCUT2D eigenvalue weighted by molar-refractivity contribution is -0.155. The standard InChI is InChI=1S/C19H14ClF3N2O4/c1-11(29-17(26)10-28-16-5-3-2-4-12(16)9-24)18(27)25-15-8-13(19(21,22)23)6-7-14(15)20/h2-8,11H,10H2,1H3,(H,25,27)/t11-/m1/s1. The number of nitrogens with one attached hydrogen (secondary N) is 1. The molecule has 0 unspecified atom stereocenters. The number of rotatable bonds is 6. The minimum atomic E-state index is -4.61. The molecule has 0 spiro atoms. The van der Waals surface area contributed by atoms with Crippen molar-refractivity contribution in [2.75, 3.05) is 11.9 Å². The number of hydrogen-bond acceptors (Lipinski definition) is 5. The van der Waals surface area contributed by atoms with Crippen molar-refractivity contribution in [3.05, 3.63) is 58.6 Å². The predicted octanol–water partition coefficient (Wildman–Crippen LogP) is 4.18. The monoisotopic (exact) mass is 426 g/mol. The molecule has 0 saturated heterocycles. The summed E-state index contributed by atoms with van der Waals surface area (Å²) in [5.41, 5.74) is -1.05. The maximum Gasteiger partial charge on any atom is 0.416 e. The van der Waals surface area contributed by atoms with Gasteiger partial charge in [-0.25, -0.2) is 4.79 Å². The van der Waals surface area contributed by atoms with Gasteiger partial charge in [-0.2, -0.15) is 18.4 Å². The molecule has 2 aromatic carbocycles. The van der Waals surface area contributed by atoms with E-state index in [0.717, 1.165) is 12.1 Å². The Hall–Kier alpha value is -3.25. The van der Waals surface area contributed by atoms with E-state index in [0.29, 0.717) is 6.07 Å². The van der Waals surface area contributed by atoms with Gasteiger partial charge in [-0.1, -0.05) is 23.7 Å². The number of para-hydroxylation sites is 1. The highest BCUT2D eigenvalue weighted by atomic mass is 35.5. The molecule has 1 amide bonds. The van der Waals surface area contributed by atoms with Crippen molar-refractivity contribution in [2.24, 2.45) is 0 Å². The SMILES string of the molecule is C[C@@H](OC(=O)COc1ccccc1C#N)C(=O)Nc1cc(C(F)(F)F)ccc1Cl. The van der Waals surface area contributed by atoms with Crippen LogP contribution in [0.15, 0.2) is 42.5 Å². The molecule has 0 aliphatic carbocycles. The number of alkyl halides is 3. The minimum absolute atomic E-state index is 0.110. The smallest absolute Gasteiger partial charge is 0.416 e. The largest absolute Gasteiger partial charge is 0.481 e. The van der Waals surface area contributed by atoms with Crippen LogP contribution in [0.5, 0.6) is 5.75 Å². The Morgan fingerprint density at radius 2 is 1.93 bits per heavy atom. The quantitative estimate of drug-likeness (QED) is 0.700. The summed E-state index contributed by atoms with van der Waals surface area (Å²) in [6.45, 7) is 0.665. The highest BCUT2D eigenvalue weighted by Gasteiger charge is 2.31. The van der Waals surface area contributed by atoms with Gasteiger partial charge in [-0.05, 0) is 37.3 Å². The fourth-order valence-electron chi connectivity index (χ4n) is 2.14. The lowest BCUT2D eigenvalue weighted by Crippen LogP contribution is -2.31. The number of carbonyl (C=O) groups excluding carboxylic acids is 2. The Labute approximate surface area is 168 Å². The van der Waals surface area contributed by atoms with Crippen LogP contribution < -0.4 is 10.1 Å². The molecule has 0 aromatic heterocycles. The van der Waals surface area contributed by atoms with Gasteiger partial charge in [0.2, 0.25) is 0 Å². The van der Waals surface area contributed by atoms with E-state index in [1.807, 2.05) is 6.07 Å². The van der Waals surface area contributed by atoms with E-state index >= 15 is 0 Å². The van der Waals surface area contributed by atoms with Crippen LogP contribution in [-0.4, -0.2) is 24.6 Å². The van der Waals surface area contributed by atoms with Crippen LogP contribution in [0, 0.1) is 11.3 Å². The molecule has 0 aliphatic heterocycles. The van der Waals surface area contributed by atoms with Crippen molar-refractivity contribution in [3.8, 4) is 11.8 Å². The molecular weight excluding hydrogens is 413 g/mol. The van der Waals surface area contributed by atoms with Crippen LogP contribution in [-0.2, 0) is 20.5 Å². The highest BCUT2D eigenvalue weighted by Crippen LogP contribution is 2.33. The molecule has 152 valence electrons. The third kappa shape index (κ3) is 6.12. The second-order valence-corrected chi connectivity index (χ2v) is 6.12. The van der Waals surface area contributed by atoms with E-state index < -0.39 is 36.3 Å². The van der Waals surface area contributed by atoms with E-state index in [1.54, 1.807) is 12.1 Å². The first-order chi connectivity index (χ1) is 13.6. The van der Waals surface area contributed by atoms with Gasteiger partial charge in [-0.15, -0.1) is 0 Å². The second-order valence-electron chi connectivity index (χ2n) is 5.71. The van der Waals surface area contributed by atoms with Gasteiger partial charge < -0.3 is 14.8 Å². The van der Waals surface area contributed by atoms with Crippen molar-refractivity contribution in [1.29, 1.82) is 5.26 Å². The molecule has 0 bridgehead atoms. The first-order valence-electron chi connectivity index (χ1n) is 8.11. The third-order valence-corrected chi connectivity index (χ3v) is 3.91. The summed E-state index contributed by atoms with van der Waals surface area (Å²) < 4.78 is 48.4. The number of benzene rings is 2. The molecule has 29 heavy (non-hydrogen) atoms. The third-order valence-electron chi connectivity index (χ3n) is 3.58. The summed E-state index contributed by atoms with van der Waals surface area (Å²) >= 11 is 5.81. The van der Waals surface area contributed by atoms with E-state index in [4.69, 9.17) is 26.3 Å². The number of amides is 1. The summed E-state index contributed by atoms with van der Waals surface area (Å²) in [5.74, 6) is -1.62. The minimum Gasteiger partial charge on any atom is -0.481 e. The van der Waals surface area contributed by atoms with Crippen LogP contribution >= 0.6 is 11.6 Å². The number of halogens is 4. The number of nitrogens with zero attached hydrogens (tertiary/aromatic N) is 1. The fourth-order valence-corrected chi connectivity index (χ4v) is 2.30. The lowest BCUT2D eigenvalue weighted by Gasteiger charge is -2.16. The molecule has 10 heteroatoms. The lowest BCUT2D eigenvalue weighted by atomic mass is 10.2. The fraction of sp³-hybridized carbons (Fsp3) is 0.211. The predicted molar refractivity (Wildman–Crippen MR) is 97.3 cm³/mol. The van der Waals surface area contributed by atoms with Gasteiger partial charge in [0, 0.05) is 0 Å². The number of ether oxygens (including phenoxy) is 2. The first-order valence-corrected chi connectivity index (χ1v) is 8.48. The van der Waals surface area contributed by atoms with Crippen LogP contribution in [0.4, 0.5) is 18.9 Å². The molecule has 6 nitrogen and oxygen atoms in total. The van der Waals surface area contributed by atoms with Crippen molar-refractivity contribution in [3.63, 3.8) is 0 Å². The zero-order valence-electron chi connectivity index (χ0n) is 14.9. The molecule has 0 saturated carbocycles. The van der Waals surface area contributed by atoms with Crippen LogP contribution in [0.25, 0.3) is 0 Å². The summed E-state index contributed by atoms with van der Waals surface area (Å²) in [6, 6.07) is 10.5. The molecule has 0 heterocycles. The molecule has 0 fully saturated rings. The van der Waals surface area contributed by atoms with Gasteiger partial charge in [0.25, 0.3) is 5.91 Å². The Kier molecular flexibility index (Phi) is 7.07. The molecule has 0 radical (unpaired) electrons. The Bertz CT molecular complexity index is 957. The molecule has 2 aromatic rings. The second kappa shape index (κ2) is 9.30. The Morgan fingerprint density at radius 1 is 1.24 bits per heavy atom. The summed E-state index contributed by atoms with van der Waals surface area (Å²) in [5, 5.41) is 11.0. The number of carbonyl (C=O) groups is 2. The normalized spacial score (nSPS) is 11.9. The van der Waals surface area contributed by atoms with Gasteiger partial charge >= 0.3 is 12.1 Å². The van der Waals surface area contributed by atoms with E-state index in [1.165, 1.54) is 19.1 Å². The number of nitriles is 1. The van der Waals surface area contributed by atoms with Crippen LogP contribution in [0.1, 0.15) is 18.1 Å². The summed E-state index contributed by atoms with van der Waals surface area (Å²) in [4.78, 5) is 24.0. The van der Waals surface area contributed by atoms with Crippen molar-refractivity contribution >= 4 is 29.2 Å². The van der Waals surface area contributed by atoms with Crippen LogP contribution in [0.3, 0.4) is 0 Å². The number of anilines is 1. The molecule has 1 atom stereocenters. The first kappa shape index (κ1) is 22.0. The van der Waals surface area contributed by atoms with E-state index in [2.05, 4.69) is 5.32 Å². The average molecular weight is 427 g/mol. The molecule has 2 rings (SSSR count). The van der Waals surface area contributed by atoms with Gasteiger partial charge in [0.15, 0.2) is 12.7 Å². The van der Waals surface area contributed by atoms with Crippen molar-refractivity contribution in [1.82, 2.24) is 0 Å². The van der Waals surface area contributed by atoms with E-state index in [9.17, 15) is 22.8 Å². The Balaban J connectivity index is 1.95. The topological polar surface area (TPSA) is 88.4 Å².